The summed E-state index contributed by atoms with van der Waals surface area (Å²) in [6, 6.07) is 11.5. The summed E-state index contributed by atoms with van der Waals surface area (Å²) in [5, 5.41) is 2.35. The van der Waals surface area contributed by atoms with Gasteiger partial charge < -0.3 is 5.32 Å². The fourth-order valence-electron chi connectivity index (χ4n) is 3.18. The van der Waals surface area contributed by atoms with Gasteiger partial charge in [-0.05, 0) is 24.6 Å². The Bertz CT molecular complexity index is 793. The van der Waals surface area contributed by atoms with E-state index in [0.717, 1.165) is 31.8 Å². The second kappa shape index (κ2) is 8.54. The molecule has 0 spiro atoms. The number of hydrogen-bond donors (Lipinski definition) is 1. The van der Waals surface area contributed by atoms with Crippen molar-refractivity contribution in [3.05, 3.63) is 65.5 Å². The Morgan fingerprint density at radius 2 is 1.67 bits per heavy atom. The molecule has 1 aliphatic rings. The van der Waals surface area contributed by atoms with E-state index in [1.54, 1.807) is 6.92 Å². The Labute approximate surface area is 156 Å². The molecule has 0 saturated carbocycles. The normalized spacial score (nSPS) is 16.9. The average Bonchev–Trinajstić information content (AvgIpc) is 2.69. The number of nitrogens with zero attached hydrogens (tertiary/aromatic N) is 2. The number of piperazine rings is 1. The van der Waals surface area contributed by atoms with Crippen LogP contribution in [0, 0.1) is 17.5 Å². The zero-order chi connectivity index (χ0) is 19.4. The van der Waals surface area contributed by atoms with Gasteiger partial charge in [0.2, 0.25) is 5.91 Å². The summed E-state index contributed by atoms with van der Waals surface area (Å²) in [6.45, 7) is 5.59. The number of anilines is 1. The van der Waals surface area contributed by atoms with Crippen LogP contribution in [-0.2, 0) is 11.3 Å². The molecule has 1 unspecified atom stereocenters. The van der Waals surface area contributed by atoms with E-state index >= 15 is 0 Å². The lowest BCUT2D eigenvalue weighted by Crippen LogP contribution is -2.52. The maximum atomic E-state index is 13.7. The van der Waals surface area contributed by atoms with E-state index < -0.39 is 29.4 Å². The summed E-state index contributed by atoms with van der Waals surface area (Å²) < 4.78 is 40.0. The van der Waals surface area contributed by atoms with Crippen molar-refractivity contribution in [2.75, 3.05) is 31.5 Å². The molecule has 1 amide bonds. The Hall–Kier alpha value is -2.38. The predicted octanol–water partition coefficient (Wildman–Crippen LogP) is 3.25. The highest BCUT2D eigenvalue weighted by Gasteiger charge is 2.26. The van der Waals surface area contributed by atoms with Gasteiger partial charge in [-0.15, -0.1) is 0 Å². The summed E-state index contributed by atoms with van der Waals surface area (Å²) in [6.07, 6.45) is 0. The molecule has 2 aromatic rings. The number of hydrogen-bond acceptors (Lipinski definition) is 3. The maximum absolute atomic E-state index is 13.7. The zero-order valence-electron chi connectivity index (χ0n) is 15.1. The first-order valence-corrected chi connectivity index (χ1v) is 8.90. The molecule has 27 heavy (non-hydrogen) atoms. The van der Waals surface area contributed by atoms with Gasteiger partial charge in [0.25, 0.3) is 0 Å². The lowest BCUT2D eigenvalue weighted by atomic mass is 10.1. The minimum absolute atomic E-state index is 0.353. The highest BCUT2D eigenvalue weighted by molar-refractivity contribution is 5.94. The van der Waals surface area contributed by atoms with Crippen molar-refractivity contribution in [1.29, 1.82) is 0 Å². The summed E-state index contributed by atoms with van der Waals surface area (Å²) in [5.41, 5.74) is 0.888. The first-order valence-electron chi connectivity index (χ1n) is 8.90. The second-order valence-electron chi connectivity index (χ2n) is 6.69. The van der Waals surface area contributed by atoms with Crippen LogP contribution in [0.15, 0.2) is 42.5 Å². The second-order valence-corrected chi connectivity index (χ2v) is 6.69. The number of rotatable bonds is 5. The minimum atomic E-state index is -1.59. The third-order valence-electron chi connectivity index (χ3n) is 4.88. The standard InChI is InChI=1S/C20H22F3N3O/c1-14(20(27)24-17-8-7-16(21)18(22)19(17)23)26-11-9-25(10-12-26)13-15-5-3-2-4-6-15/h2-8,14H,9-13H2,1H3,(H,24,27). The lowest BCUT2D eigenvalue weighted by molar-refractivity contribution is -0.121. The van der Waals surface area contributed by atoms with Gasteiger partial charge in [0.05, 0.1) is 11.7 Å². The number of carbonyl (C=O) groups is 1. The van der Waals surface area contributed by atoms with Gasteiger partial charge in [0.1, 0.15) is 0 Å². The SMILES string of the molecule is CC(C(=O)Nc1ccc(F)c(F)c1F)N1CCN(Cc2ccccc2)CC1. The molecule has 0 aliphatic carbocycles. The van der Waals surface area contributed by atoms with E-state index in [1.165, 1.54) is 5.56 Å². The topological polar surface area (TPSA) is 35.6 Å². The summed E-state index contributed by atoms with van der Waals surface area (Å²) in [5.74, 6) is -4.71. The molecule has 3 rings (SSSR count). The van der Waals surface area contributed by atoms with Crippen LogP contribution in [-0.4, -0.2) is 47.9 Å². The van der Waals surface area contributed by atoms with Crippen LogP contribution in [0.3, 0.4) is 0 Å². The van der Waals surface area contributed by atoms with E-state index in [-0.39, 0.29) is 5.69 Å². The molecule has 0 bridgehead atoms. The zero-order valence-corrected chi connectivity index (χ0v) is 15.1. The van der Waals surface area contributed by atoms with Crippen molar-refractivity contribution < 1.29 is 18.0 Å². The average molecular weight is 377 g/mol. The van der Waals surface area contributed by atoms with Crippen molar-refractivity contribution >= 4 is 11.6 Å². The third-order valence-corrected chi connectivity index (χ3v) is 4.88. The summed E-state index contributed by atoms with van der Waals surface area (Å²) >= 11 is 0. The number of halogens is 3. The quantitative estimate of drug-likeness (QED) is 0.813. The van der Waals surface area contributed by atoms with E-state index in [1.807, 2.05) is 23.1 Å². The number of carbonyl (C=O) groups excluding carboxylic acids is 1. The smallest absolute Gasteiger partial charge is 0.241 e. The van der Waals surface area contributed by atoms with Crippen LogP contribution in [0.25, 0.3) is 0 Å². The predicted molar refractivity (Wildman–Crippen MR) is 97.7 cm³/mol. The van der Waals surface area contributed by atoms with Crippen LogP contribution in [0.2, 0.25) is 0 Å². The van der Waals surface area contributed by atoms with Crippen LogP contribution in [0.5, 0.6) is 0 Å². The van der Waals surface area contributed by atoms with Gasteiger partial charge in [-0.3, -0.25) is 14.6 Å². The molecule has 0 aromatic heterocycles. The largest absolute Gasteiger partial charge is 0.322 e. The van der Waals surface area contributed by atoms with Crippen LogP contribution < -0.4 is 5.32 Å². The molecular weight excluding hydrogens is 355 g/mol. The van der Waals surface area contributed by atoms with E-state index in [9.17, 15) is 18.0 Å². The fourth-order valence-corrected chi connectivity index (χ4v) is 3.18. The van der Waals surface area contributed by atoms with Crippen LogP contribution in [0.1, 0.15) is 12.5 Å². The van der Waals surface area contributed by atoms with Gasteiger partial charge >= 0.3 is 0 Å². The van der Waals surface area contributed by atoms with Crippen LogP contribution >= 0.6 is 0 Å². The Kier molecular flexibility index (Phi) is 6.13. The third kappa shape index (κ3) is 4.67. The van der Waals surface area contributed by atoms with Crippen molar-refractivity contribution in [3.8, 4) is 0 Å². The van der Waals surface area contributed by atoms with Crippen molar-refractivity contribution in [1.82, 2.24) is 9.80 Å². The summed E-state index contributed by atoms with van der Waals surface area (Å²) in [7, 11) is 0. The first-order chi connectivity index (χ1) is 13.0. The molecule has 1 fully saturated rings. The van der Waals surface area contributed by atoms with Gasteiger partial charge in [-0.1, -0.05) is 30.3 Å². The van der Waals surface area contributed by atoms with Crippen molar-refractivity contribution in [3.63, 3.8) is 0 Å². The molecule has 7 heteroatoms. The van der Waals surface area contributed by atoms with Gasteiger partial charge in [-0.2, -0.15) is 0 Å². The molecular formula is C20H22F3N3O. The minimum Gasteiger partial charge on any atom is -0.322 e. The van der Waals surface area contributed by atoms with Crippen molar-refractivity contribution in [2.24, 2.45) is 0 Å². The number of amides is 1. The molecule has 144 valence electrons. The molecule has 1 aliphatic heterocycles. The highest BCUT2D eigenvalue weighted by atomic mass is 19.2. The first kappa shape index (κ1) is 19.4. The Morgan fingerprint density at radius 3 is 2.33 bits per heavy atom. The molecule has 1 atom stereocenters. The number of nitrogens with one attached hydrogen (secondary N) is 1. The Morgan fingerprint density at radius 1 is 1.00 bits per heavy atom. The lowest BCUT2D eigenvalue weighted by Gasteiger charge is -2.37. The van der Waals surface area contributed by atoms with Gasteiger partial charge in [-0.25, -0.2) is 13.2 Å². The van der Waals surface area contributed by atoms with Crippen LogP contribution in [0.4, 0.5) is 18.9 Å². The number of benzene rings is 2. The fraction of sp³-hybridized carbons (Fsp3) is 0.350. The highest BCUT2D eigenvalue weighted by Crippen LogP contribution is 2.20. The molecule has 4 nitrogen and oxygen atoms in total. The summed E-state index contributed by atoms with van der Waals surface area (Å²) in [4.78, 5) is 16.7. The molecule has 2 aromatic carbocycles. The van der Waals surface area contributed by atoms with Crippen molar-refractivity contribution in [2.45, 2.75) is 19.5 Å². The monoisotopic (exact) mass is 377 g/mol. The molecule has 1 N–H and O–H groups in total. The van der Waals surface area contributed by atoms with E-state index in [4.69, 9.17) is 0 Å². The maximum Gasteiger partial charge on any atom is 0.241 e. The molecule has 1 saturated heterocycles. The molecule has 0 radical (unpaired) electrons. The van der Waals surface area contributed by atoms with E-state index in [0.29, 0.717) is 13.1 Å². The molecule has 1 heterocycles. The van der Waals surface area contributed by atoms with Gasteiger partial charge in [0.15, 0.2) is 17.5 Å². The van der Waals surface area contributed by atoms with E-state index in [2.05, 4.69) is 22.3 Å². The van der Waals surface area contributed by atoms with Gasteiger partial charge in [0, 0.05) is 32.7 Å². The Balaban J connectivity index is 1.53.